The molecule has 0 spiro atoms. The Balaban J connectivity index is 2.28. The third-order valence-corrected chi connectivity index (χ3v) is 2.66. The van der Waals surface area contributed by atoms with Crippen molar-refractivity contribution in [3.63, 3.8) is 0 Å². The molecule has 1 aliphatic heterocycles. The first-order valence-corrected chi connectivity index (χ1v) is 4.42. The first-order chi connectivity index (χ1) is 5.71. The molecule has 1 unspecified atom stereocenters. The van der Waals surface area contributed by atoms with Gasteiger partial charge in [0.05, 0.1) is 12.2 Å². The van der Waals surface area contributed by atoms with Crippen molar-refractivity contribution in [3.05, 3.63) is 35.4 Å². The second-order valence-electron chi connectivity index (χ2n) is 3.70. The Labute approximate surface area is 73.4 Å². The van der Waals surface area contributed by atoms with E-state index in [0.29, 0.717) is 0 Å². The molecule has 0 bridgehead atoms. The van der Waals surface area contributed by atoms with Gasteiger partial charge >= 0.3 is 0 Å². The summed E-state index contributed by atoms with van der Waals surface area (Å²) in [5.41, 5.74) is 2.62. The van der Waals surface area contributed by atoms with Crippen LogP contribution in [0.3, 0.4) is 0 Å². The van der Waals surface area contributed by atoms with E-state index >= 15 is 0 Å². The average Bonchev–Trinajstić information content (AvgIpc) is 2.02. The van der Waals surface area contributed by atoms with Gasteiger partial charge < -0.3 is 4.74 Å². The number of hydrogen-bond donors (Lipinski definition) is 0. The van der Waals surface area contributed by atoms with E-state index in [9.17, 15) is 0 Å². The summed E-state index contributed by atoms with van der Waals surface area (Å²) in [5.74, 6) is 0. The molecule has 1 heterocycles. The second-order valence-corrected chi connectivity index (χ2v) is 3.70. The summed E-state index contributed by atoms with van der Waals surface area (Å²) >= 11 is 0. The Morgan fingerprint density at radius 1 is 1.25 bits per heavy atom. The van der Waals surface area contributed by atoms with E-state index in [1.807, 2.05) is 0 Å². The minimum Gasteiger partial charge on any atom is -0.370 e. The summed E-state index contributed by atoms with van der Waals surface area (Å²) < 4.78 is 5.54. The van der Waals surface area contributed by atoms with Gasteiger partial charge in [-0.15, -0.1) is 0 Å². The Kier molecular flexibility index (Phi) is 1.69. The fourth-order valence-corrected chi connectivity index (χ4v) is 1.54. The molecule has 1 nitrogen and oxygen atoms in total. The van der Waals surface area contributed by atoms with Crippen molar-refractivity contribution in [3.8, 4) is 0 Å². The van der Waals surface area contributed by atoms with Crippen molar-refractivity contribution in [2.75, 3.05) is 6.61 Å². The summed E-state index contributed by atoms with van der Waals surface area (Å²) in [7, 11) is 0. The maximum Gasteiger partial charge on any atom is 0.0925 e. The van der Waals surface area contributed by atoms with E-state index in [4.69, 9.17) is 4.74 Å². The van der Waals surface area contributed by atoms with Crippen molar-refractivity contribution in [1.82, 2.24) is 0 Å². The molecular formula is C11H14O. The SMILES string of the molecule is Cc1ccc(C2(C)CCO2)cc1. The predicted molar refractivity (Wildman–Crippen MR) is 49.1 cm³/mol. The van der Waals surface area contributed by atoms with E-state index in [1.54, 1.807) is 0 Å². The van der Waals surface area contributed by atoms with E-state index in [0.717, 1.165) is 13.0 Å². The number of aryl methyl sites for hydroxylation is 1. The fourth-order valence-electron chi connectivity index (χ4n) is 1.54. The van der Waals surface area contributed by atoms with Crippen LogP contribution < -0.4 is 0 Å². The van der Waals surface area contributed by atoms with Crippen LogP contribution in [-0.4, -0.2) is 6.61 Å². The molecule has 1 aromatic rings. The molecule has 0 saturated carbocycles. The zero-order valence-corrected chi connectivity index (χ0v) is 7.63. The lowest BCUT2D eigenvalue weighted by atomic mass is 9.88. The van der Waals surface area contributed by atoms with Crippen molar-refractivity contribution < 1.29 is 4.74 Å². The van der Waals surface area contributed by atoms with Crippen LogP contribution in [0, 0.1) is 6.92 Å². The predicted octanol–water partition coefficient (Wildman–Crippen LogP) is 2.63. The normalized spacial score (nSPS) is 28.2. The van der Waals surface area contributed by atoms with Gasteiger partial charge in [-0.25, -0.2) is 0 Å². The summed E-state index contributed by atoms with van der Waals surface area (Å²) in [6, 6.07) is 8.60. The molecule has 0 radical (unpaired) electrons. The zero-order chi connectivity index (χ0) is 8.60. The van der Waals surface area contributed by atoms with Gasteiger partial charge in [-0.2, -0.15) is 0 Å². The molecule has 0 N–H and O–H groups in total. The number of hydrogen-bond acceptors (Lipinski definition) is 1. The monoisotopic (exact) mass is 162 g/mol. The molecule has 64 valence electrons. The Morgan fingerprint density at radius 3 is 2.25 bits per heavy atom. The minimum atomic E-state index is 0.00764. The molecule has 1 fully saturated rings. The van der Waals surface area contributed by atoms with Crippen molar-refractivity contribution in [2.45, 2.75) is 25.9 Å². The van der Waals surface area contributed by atoms with Crippen molar-refractivity contribution >= 4 is 0 Å². The molecule has 0 amide bonds. The van der Waals surface area contributed by atoms with Crippen molar-refractivity contribution in [1.29, 1.82) is 0 Å². The van der Waals surface area contributed by atoms with Crippen LogP contribution in [0.2, 0.25) is 0 Å². The van der Waals surface area contributed by atoms with Crippen LogP contribution in [0.1, 0.15) is 24.5 Å². The molecule has 12 heavy (non-hydrogen) atoms. The van der Waals surface area contributed by atoms with Gasteiger partial charge in [-0.3, -0.25) is 0 Å². The van der Waals surface area contributed by atoms with Crippen molar-refractivity contribution in [2.24, 2.45) is 0 Å². The lowest BCUT2D eigenvalue weighted by Gasteiger charge is -2.39. The molecule has 1 heteroatoms. The number of ether oxygens (including phenoxy) is 1. The smallest absolute Gasteiger partial charge is 0.0925 e. The highest BCUT2D eigenvalue weighted by Crippen LogP contribution is 2.36. The third-order valence-electron chi connectivity index (χ3n) is 2.66. The largest absolute Gasteiger partial charge is 0.370 e. The van der Waals surface area contributed by atoms with Crippen LogP contribution in [0.15, 0.2) is 24.3 Å². The highest BCUT2D eigenvalue weighted by molar-refractivity contribution is 5.27. The van der Waals surface area contributed by atoms with Gasteiger partial charge in [0.25, 0.3) is 0 Å². The Bertz CT molecular complexity index is 270. The first-order valence-electron chi connectivity index (χ1n) is 4.42. The lowest BCUT2D eigenvalue weighted by Crippen LogP contribution is -2.37. The highest BCUT2D eigenvalue weighted by atomic mass is 16.5. The fraction of sp³-hybridized carbons (Fsp3) is 0.455. The van der Waals surface area contributed by atoms with E-state index in [1.165, 1.54) is 11.1 Å². The summed E-state index contributed by atoms with van der Waals surface area (Å²) in [6.45, 7) is 5.17. The molecule has 0 aromatic heterocycles. The van der Waals surface area contributed by atoms with Gasteiger partial charge in [0, 0.05) is 6.42 Å². The molecule has 1 aromatic carbocycles. The summed E-state index contributed by atoms with van der Waals surface area (Å²) in [4.78, 5) is 0. The van der Waals surface area contributed by atoms with Crippen LogP contribution >= 0.6 is 0 Å². The van der Waals surface area contributed by atoms with Crippen LogP contribution in [0.25, 0.3) is 0 Å². The second kappa shape index (κ2) is 2.60. The molecular weight excluding hydrogens is 148 g/mol. The van der Waals surface area contributed by atoms with Crippen LogP contribution in [-0.2, 0) is 10.3 Å². The number of rotatable bonds is 1. The Hall–Kier alpha value is -0.820. The van der Waals surface area contributed by atoms with Gasteiger partial charge in [0.2, 0.25) is 0 Å². The lowest BCUT2D eigenvalue weighted by molar-refractivity contribution is -0.140. The maximum atomic E-state index is 5.54. The topological polar surface area (TPSA) is 9.23 Å². The molecule has 0 aliphatic carbocycles. The van der Waals surface area contributed by atoms with Gasteiger partial charge in [0.15, 0.2) is 0 Å². The average molecular weight is 162 g/mol. The molecule has 1 aliphatic rings. The van der Waals surface area contributed by atoms with Gasteiger partial charge in [-0.1, -0.05) is 29.8 Å². The van der Waals surface area contributed by atoms with E-state index in [2.05, 4.69) is 38.1 Å². The van der Waals surface area contributed by atoms with Gasteiger partial charge in [-0.05, 0) is 19.4 Å². The first kappa shape index (κ1) is 7.81. The summed E-state index contributed by atoms with van der Waals surface area (Å²) in [6.07, 6.45) is 1.15. The van der Waals surface area contributed by atoms with Crippen LogP contribution in [0.4, 0.5) is 0 Å². The van der Waals surface area contributed by atoms with E-state index in [-0.39, 0.29) is 5.60 Å². The zero-order valence-electron chi connectivity index (χ0n) is 7.63. The molecule has 2 rings (SSSR count). The third kappa shape index (κ3) is 1.14. The molecule has 1 atom stereocenters. The number of benzene rings is 1. The highest BCUT2D eigenvalue weighted by Gasteiger charge is 2.34. The maximum absolute atomic E-state index is 5.54. The van der Waals surface area contributed by atoms with E-state index < -0.39 is 0 Å². The minimum absolute atomic E-state index is 0.00764. The molecule has 1 saturated heterocycles. The Morgan fingerprint density at radius 2 is 1.83 bits per heavy atom. The van der Waals surface area contributed by atoms with Crippen LogP contribution in [0.5, 0.6) is 0 Å². The quantitative estimate of drug-likeness (QED) is 0.616. The standard InChI is InChI=1S/C11H14O/c1-9-3-5-10(6-4-9)11(2)7-8-12-11/h3-6H,7-8H2,1-2H3. The summed E-state index contributed by atoms with van der Waals surface area (Å²) in [5, 5.41) is 0. The van der Waals surface area contributed by atoms with Gasteiger partial charge in [0.1, 0.15) is 0 Å².